The van der Waals surface area contributed by atoms with Crippen LogP contribution in [0.4, 0.5) is 0 Å². The van der Waals surface area contributed by atoms with E-state index in [0.29, 0.717) is 6.54 Å². The van der Waals surface area contributed by atoms with Crippen molar-refractivity contribution in [3.63, 3.8) is 0 Å². The Hall–Kier alpha value is -1.55. The highest BCUT2D eigenvalue weighted by Gasteiger charge is 2.02. The van der Waals surface area contributed by atoms with E-state index in [1.54, 1.807) is 0 Å². The fourth-order valence-electron chi connectivity index (χ4n) is 1.62. The molecule has 106 valence electrons. The van der Waals surface area contributed by atoms with E-state index in [1.807, 2.05) is 31.2 Å². The first-order valence-corrected chi connectivity index (χ1v) is 6.95. The Bertz CT molecular complexity index is 380. The van der Waals surface area contributed by atoms with Gasteiger partial charge in [0.2, 0.25) is 0 Å². The van der Waals surface area contributed by atoms with Crippen LogP contribution in [0.1, 0.15) is 32.3 Å². The van der Waals surface area contributed by atoms with Crippen molar-refractivity contribution in [1.29, 1.82) is 0 Å². The number of amides is 1. The molecule has 0 fully saturated rings. The average Bonchev–Trinajstić information content (AvgIpc) is 2.44. The SMILES string of the molecule is CCCNCc1cccc(OCC(=O)NCCC)c1. The molecule has 2 N–H and O–H groups in total. The van der Waals surface area contributed by atoms with E-state index >= 15 is 0 Å². The standard InChI is InChI=1S/C15H24N2O2/c1-3-8-16-11-13-6-5-7-14(10-13)19-12-15(18)17-9-4-2/h5-7,10,16H,3-4,8-9,11-12H2,1-2H3,(H,17,18). The monoisotopic (exact) mass is 264 g/mol. The van der Waals surface area contributed by atoms with Gasteiger partial charge in [-0.2, -0.15) is 0 Å². The number of carbonyl (C=O) groups is 1. The molecule has 0 saturated carbocycles. The van der Waals surface area contributed by atoms with Gasteiger partial charge in [-0.3, -0.25) is 4.79 Å². The smallest absolute Gasteiger partial charge is 0.257 e. The summed E-state index contributed by atoms with van der Waals surface area (Å²) in [6.45, 7) is 6.77. The molecule has 0 unspecified atom stereocenters. The molecule has 0 atom stereocenters. The summed E-state index contributed by atoms with van der Waals surface area (Å²) in [5.41, 5.74) is 1.17. The Kier molecular flexibility index (Phi) is 7.66. The molecular formula is C15H24N2O2. The quantitative estimate of drug-likeness (QED) is 0.672. The molecular weight excluding hydrogens is 240 g/mol. The normalized spacial score (nSPS) is 10.2. The molecule has 0 spiro atoms. The summed E-state index contributed by atoms with van der Waals surface area (Å²) in [6, 6.07) is 7.83. The molecule has 1 rings (SSSR count). The van der Waals surface area contributed by atoms with Crippen LogP contribution in [0.15, 0.2) is 24.3 Å². The molecule has 0 saturated heterocycles. The summed E-state index contributed by atoms with van der Waals surface area (Å²) in [5, 5.41) is 6.12. The second-order valence-corrected chi connectivity index (χ2v) is 4.46. The third kappa shape index (κ3) is 6.82. The van der Waals surface area contributed by atoms with Gasteiger partial charge < -0.3 is 15.4 Å². The molecule has 4 heteroatoms. The maximum Gasteiger partial charge on any atom is 0.257 e. The minimum atomic E-state index is -0.0728. The average molecular weight is 264 g/mol. The number of carbonyl (C=O) groups excluding carboxylic acids is 1. The fourth-order valence-corrected chi connectivity index (χ4v) is 1.62. The maximum absolute atomic E-state index is 11.4. The molecule has 19 heavy (non-hydrogen) atoms. The molecule has 0 aliphatic heterocycles. The van der Waals surface area contributed by atoms with Crippen LogP contribution in [0.3, 0.4) is 0 Å². The van der Waals surface area contributed by atoms with Crippen LogP contribution in [0.5, 0.6) is 5.75 Å². The van der Waals surface area contributed by atoms with Gasteiger partial charge in [0.1, 0.15) is 5.75 Å². The third-order valence-corrected chi connectivity index (χ3v) is 2.60. The Balaban J connectivity index is 2.37. The molecule has 1 amide bonds. The molecule has 4 nitrogen and oxygen atoms in total. The van der Waals surface area contributed by atoms with E-state index in [0.717, 1.165) is 31.7 Å². The number of rotatable bonds is 9. The second kappa shape index (κ2) is 9.39. The number of benzene rings is 1. The van der Waals surface area contributed by atoms with Crippen LogP contribution < -0.4 is 15.4 Å². The molecule has 1 aromatic carbocycles. The predicted octanol–water partition coefficient (Wildman–Crippen LogP) is 2.09. The van der Waals surface area contributed by atoms with E-state index in [2.05, 4.69) is 17.6 Å². The van der Waals surface area contributed by atoms with Crippen molar-refractivity contribution in [2.24, 2.45) is 0 Å². The Morgan fingerprint density at radius 2 is 2.00 bits per heavy atom. The highest BCUT2D eigenvalue weighted by molar-refractivity contribution is 5.77. The van der Waals surface area contributed by atoms with Gasteiger partial charge in [-0.25, -0.2) is 0 Å². The lowest BCUT2D eigenvalue weighted by Crippen LogP contribution is -2.29. The van der Waals surface area contributed by atoms with Gasteiger partial charge in [0.05, 0.1) is 0 Å². The lowest BCUT2D eigenvalue weighted by atomic mass is 10.2. The Morgan fingerprint density at radius 3 is 2.74 bits per heavy atom. The molecule has 0 bridgehead atoms. The van der Waals surface area contributed by atoms with Crippen molar-refractivity contribution >= 4 is 5.91 Å². The van der Waals surface area contributed by atoms with Crippen LogP contribution >= 0.6 is 0 Å². The van der Waals surface area contributed by atoms with Gasteiger partial charge in [-0.15, -0.1) is 0 Å². The van der Waals surface area contributed by atoms with Crippen molar-refractivity contribution in [2.75, 3.05) is 19.7 Å². The van der Waals surface area contributed by atoms with Crippen molar-refractivity contribution in [3.05, 3.63) is 29.8 Å². The zero-order chi connectivity index (χ0) is 13.9. The van der Waals surface area contributed by atoms with Crippen molar-refractivity contribution in [2.45, 2.75) is 33.2 Å². The minimum absolute atomic E-state index is 0.0728. The summed E-state index contributed by atoms with van der Waals surface area (Å²) < 4.78 is 5.47. The van der Waals surface area contributed by atoms with Crippen molar-refractivity contribution < 1.29 is 9.53 Å². The molecule has 0 aliphatic rings. The van der Waals surface area contributed by atoms with Crippen LogP contribution in [-0.4, -0.2) is 25.6 Å². The molecule has 0 heterocycles. The van der Waals surface area contributed by atoms with Gasteiger partial charge in [0, 0.05) is 13.1 Å². The highest BCUT2D eigenvalue weighted by Crippen LogP contribution is 2.13. The van der Waals surface area contributed by atoms with Crippen molar-refractivity contribution in [3.8, 4) is 5.75 Å². The Labute approximate surface area is 115 Å². The van der Waals surface area contributed by atoms with Crippen LogP contribution in [0, 0.1) is 0 Å². The molecule has 1 aromatic rings. The first-order chi connectivity index (χ1) is 9.26. The van der Waals surface area contributed by atoms with E-state index in [4.69, 9.17) is 4.74 Å². The van der Waals surface area contributed by atoms with Crippen LogP contribution in [-0.2, 0) is 11.3 Å². The van der Waals surface area contributed by atoms with Gasteiger partial charge >= 0.3 is 0 Å². The fraction of sp³-hybridized carbons (Fsp3) is 0.533. The van der Waals surface area contributed by atoms with Crippen LogP contribution in [0.25, 0.3) is 0 Å². The maximum atomic E-state index is 11.4. The van der Waals surface area contributed by atoms with Gasteiger partial charge in [0.15, 0.2) is 6.61 Å². The van der Waals surface area contributed by atoms with E-state index in [9.17, 15) is 4.79 Å². The van der Waals surface area contributed by atoms with Gasteiger partial charge in [-0.05, 0) is 37.1 Å². The third-order valence-electron chi connectivity index (χ3n) is 2.60. The topological polar surface area (TPSA) is 50.4 Å². The number of nitrogens with one attached hydrogen (secondary N) is 2. The predicted molar refractivity (Wildman–Crippen MR) is 77.2 cm³/mol. The van der Waals surface area contributed by atoms with Crippen LogP contribution in [0.2, 0.25) is 0 Å². The molecule has 0 aromatic heterocycles. The lowest BCUT2D eigenvalue weighted by molar-refractivity contribution is -0.123. The first kappa shape index (κ1) is 15.5. The van der Waals surface area contributed by atoms with Crippen molar-refractivity contribution in [1.82, 2.24) is 10.6 Å². The number of ether oxygens (including phenoxy) is 1. The zero-order valence-corrected chi connectivity index (χ0v) is 11.9. The minimum Gasteiger partial charge on any atom is -0.484 e. The second-order valence-electron chi connectivity index (χ2n) is 4.46. The first-order valence-electron chi connectivity index (χ1n) is 6.95. The number of hydrogen-bond acceptors (Lipinski definition) is 3. The Morgan fingerprint density at radius 1 is 1.21 bits per heavy atom. The number of hydrogen-bond donors (Lipinski definition) is 2. The van der Waals surface area contributed by atoms with E-state index in [1.165, 1.54) is 5.56 Å². The summed E-state index contributed by atoms with van der Waals surface area (Å²) in [5.74, 6) is 0.666. The van der Waals surface area contributed by atoms with Gasteiger partial charge in [0.25, 0.3) is 5.91 Å². The molecule has 0 aliphatic carbocycles. The largest absolute Gasteiger partial charge is 0.484 e. The summed E-state index contributed by atoms with van der Waals surface area (Å²) >= 11 is 0. The van der Waals surface area contributed by atoms with Gasteiger partial charge in [-0.1, -0.05) is 26.0 Å². The lowest BCUT2D eigenvalue weighted by Gasteiger charge is -2.09. The molecule has 0 radical (unpaired) electrons. The van der Waals surface area contributed by atoms with E-state index in [-0.39, 0.29) is 12.5 Å². The summed E-state index contributed by atoms with van der Waals surface area (Å²) in [4.78, 5) is 11.4. The van der Waals surface area contributed by atoms with E-state index < -0.39 is 0 Å². The zero-order valence-electron chi connectivity index (χ0n) is 11.9. The summed E-state index contributed by atoms with van der Waals surface area (Å²) in [7, 11) is 0. The highest BCUT2D eigenvalue weighted by atomic mass is 16.5. The summed E-state index contributed by atoms with van der Waals surface area (Å²) in [6.07, 6.45) is 2.05.